The lowest BCUT2D eigenvalue weighted by Gasteiger charge is -2.11. The lowest BCUT2D eigenvalue weighted by molar-refractivity contribution is 0.408. The van der Waals surface area contributed by atoms with E-state index in [1.54, 1.807) is 7.11 Å². The summed E-state index contributed by atoms with van der Waals surface area (Å²) in [6, 6.07) is 14.1. The second-order valence-corrected chi connectivity index (χ2v) is 4.75. The molecule has 3 heteroatoms. The standard InChI is InChI=1S/C16H18ClNO/c1-3-18-11-14-9-13(7-8-16(14)19-2)12-5-4-6-15(17)10-12/h4-10,18H,3,11H2,1-2H3. The maximum atomic E-state index is 6.04. The van der Waals surface area contributed by atoms with Crippen LogP contribution >= 0.6 is 11.6 Å². The van der Waals surface area contributed by atoms with Crippen molar-refractivity contribution in [1.29, 1.82) is 0 Å². The highest BCUT2D eigenvalue weighted by Crippen LogP contribution is 2.28. The first-order chi connectivity index (χ1) is 9.24. The van der Waals surface area contributed by atoms with Gasteiger partial charge in [-0.1, -0.05) is 36.7 Å². The molecule has 0 unspecified atom stereocenters. The summed E-state index contributed by atoms with van der Waals surface area (Å²) < 4.78 is 5.39. The Morgan fingerprint density at radius 1 is 1.11 bits per heavy atom. The molecule has 2 aromatic carbocycles. The van der Waals surface area contributed by atoms with E-state index in [9.17, 15) is 0 Å². The molecular formula is C16H18ClNO. The Labute approximate surface area is 119 Å². The molecule has 0 spiro atoms. The van der Waals surface area contributed by atoms with Crippen LogP contribution in [0.25, 0.3) is 11.1 Å². The minimum absolute atomic E-state index is 0.751. The van der Waals surface area contributed by atoms with Gasteiger partial charge in [0.05, 0.1) is 7.11 Å². The average molecular weight is 276 g/mol. The summed E-state index contributed by atoms with van der Waals surface area (Å²) in [5.74, 6) is 0.909. The van der Waals surface area contributed by atoms with E-state index in [1.165, 1.54) is 0 Å². The molecule has 0 atom stereocenters. The SMILES string of the molecule is CCNCc1cc(-c2cccc(Cl)c2)ccc1OC. The minimum Gasteiger partial charge on any atom is -0.496 e. The second-order valence-electron chi connectivity index (χ2n) is 4.32. The monoisotopic (exact) mass is 275 g/mol. The average Bonchev–Trinajstić information content (AvgIpc) is 2.44. The fourth-order valence-corrected chi connectivity index (χ4v) is 2.21. The molecule has 0 radical (unpaired) electrons. The molecule has 0 aliphatic heterocycles. The van der Waals surface area contributed by atoms with Crippen LogP contribution in [0.3, 0.4) is 0 Å². The fourth-order valence-electron chi connectivity index (χ4n) is 2.02. The van der Waals surface area contributed by atoms with E-state index >= 15 is 0 Å². The molecule has 0 heterocycles. The summed E-state index contributed by atoms with van der Waals surface area (Å²) in [6.45, 7) is 3.83. The van der Waals surface area contributed by atoms with Gasteiger partial charge in [0.1, 0.15) is 5.75 Å². The van der Waals surface area contributed by atoms with Crippen molar-refractivity contribution in [3.05, 3.63) is 53.1 Å². The van der Waals surface area contributed by atoms with Gasteiger partial charge in [0, 0.05) is 17.1 Å². The Morgan fingerprint density at radius 2 is 1.89 bits per heavy atom. The van der Waals surface area contributed by atoms with Crippen LogP contribution < -0.4 is 10.1 Å². The molecular weight excluding hydrogens is 258 g/mol. The zero-order chi connectivity index (χ0) is 13.7. The number of nitrogens with one attached hydrogen (secondary N) is 1. The van der Waals surface area contributed by atoms with Gasteiger partial charge < -0.3 is 10.1 Å². The zero-order valence-corrected chi connectivity index (χ0v) is 12.0. The zero-order valence-electron chi connectivity index (χ0n) is 11.2. The lowest BCUT2D eigenvalue weighted by Crippen LogP contribution is -2.12. The number of benzene rings is 2. The van der Waals surface area contributed by atoms with Crippen molar-refractivity contribution in [3.63, 3.8) is 0 Å². The smallest absolute Gasteiger partial charge is 0.123 e. The summed E-state index contributed by atoms with van der Waals surface area (Å²) in [7, 11) is 1.70. The molecule has 0 fully saturated rings. The Kier molecular flexibility index (Phi) is 4.83. The first-order valence-corrected chi connectivity index (χ1v) is 6.76. The summed E-state index contributed by atoms with van der Waals surface area (Å²) >= 11 is 6.04. The highest BCUT2D eigenvalue weighted by molar-refractivity contribution is 6.30. The van der Waals surface area contributed by atoms with Gasteiger partial charge in [-0.2, -0.15) is 0 Å². The largest absolute Gasteiger partial charge is 0.496 e. The molecule has 0 aromatic heterocycles. The van der Waals surface area contributed by atoms with Crippen LogP contribution in [0.1, 0.15) is 12.5 Å². The number of halogens is 1. The molecule has 0 amide bonds. The maximum Gasteiger partial charge on any atom is 0.123 e. The first kappa shape index (κ1) is 13.9. The van der Waals surface area contributed by atoms with E-state index in [-0.39, 0.29) is 0 Å². The number of methoxy groups -OCH3 is 1. The Hall–Kier alpha value is -1.51. The molecule has 19 heavy (non-hydrogen) atoms. The van der Waals surface area contributed by atoms with Gasteiger partial charge >= 0.3 is 0 Å². The van der Waals surface area contributed by atoms with Gasteiger partial charge in [-0.05, 0) is 41.9 Å². The molecule has 1 N–H and O–H groups in total. The van der Waals surface area contributed by atoms with E-state index < -0.39 is 0 Å². The van der Waals surface area contributed by atoms with E-state index in [0.717, 1.165) is 40.6 Å². The number of hydrogen-bond acceptors (Lipinski definition) is 2. The normalized spacial score (nSPS) is 10.5. The third-order valence-electron chi connectivity index (χ3n) is 3.00. The third-order valence-corrected chi connectivity index (χ3v) is 3.24. The summed E-state index contributed by atoms with van der Waals surface area (Å²) in [5.41, 5.74) is 3.42. The summed E-state index contributed by atoms with van der Waals surface area (Å²) in [5, 5.41) is 4.07. The maximum absolute atomic E-state index is 6.04. The number of rotatable bonds is 5. The lowest BCUT2D eigenvalue weighted by atomic mass is 10.0. The first-order valence-electron chi connectivity index (χ1n) is 6.38. The predicted molar refractivity (Wildman–Crippen MR) is 80.8 cm³/mol. The molecule has 0 bridgehead atoms. The fraction of sp³-hybridized carbons (Fsp3) is 0.250. The van der Waals surface area contributed by atoms with E-state index in [4.69, 9.17) is 16.3 Å². The Bertz CT molecular complexity index is 554. The van der Waals surface area contributed by atoms with Gasteiger partial charge in [-0.3, -0.25) is 0 Å². The van der Waals surface area contributed by atoms with Crippen molar-refractivity contribution in [3.8, 4) is 16.9 Å². The topological polar surface area (TPSA) is 21.3 Å². The molecule has 0 saturated heterocycles. The summed E-state index contributed by atoms with van der Waals surface area (Å²) in [4.78, 5) is 0. The van der Waals surface area contributed by atoms with E-state index in [2.05, 4.69) is 30.4 Å². The van der Waals surface area contributed by atoms with Gasteiger partial charge in [0.25, 0.3) is 0 Å². The van der Waals surface area contributed by atoms with Crippen LogP contribution in [-0.2, 0) is 6.54 Å². The van der Waals surface area contributed by atoms with Gasteiger partial charge in [-0.25, -0.2) is 0 Å². The van der Waals surface area contributed by atoms with Crippen molar-refractivity contribution in [2.24, 2.45) is 0 Å². The molecule has 0 saturated carbocycles. The molecule has 2 aromatic rings. The van der Waals surface area contributed by atoms with E-state index in [0.29, 0.717) is 0 Å². The second kappa shape index (κ2) is 6.60. The predicted octanol–water partition coefficient (Wildman–Crippen LogP) is 4.13. The van der Waals surface area contributed by atoms with Gasteiger partial charge in [0.15, 0.2) is 0 Å². The van der Waals surface area contributed by atoms with Crippen LogP contribution in [0.2, 0.25) is 5.02 Å². The highest BCUT2D eigenvalue weighted by Gasteiger charge is 2.06. The Morgan fingerprint density at radius 3 is 2.58 bits per heavy atom. The van der Waals surface area contributed by atoms with Crippen molar-refractivity contribution < 1.29 is 4.74 Å². The number of ether oxygens (including phenoxy) is 1. The van der Waals surface area contributed by atoms with Crippen molar-refractivity contribution >= 4 is 11.6 Å². The van der Waals surface area contributed by atoms with Crippen molar-refractivity contribution in [1.82, 2.24) is 5.32 Å². The molecule has 100 valence electrons. The molecule has 0 aliphatic carbocycles. The number of hydrogen-bond donors (Lipinski definition) is 1. The summed E-state index contributed by atoms with van der Waals surface area (Å²) in [6.07, 6.45) is 0. The van der Waals surface area contributed by atoms with Crippen LogP contribution in [0.15, 0.2) is 42.5 Å². The van der Waals surface area contributed by atoms with Crippen LogP contribution in [-0.4, -0.2) is 13.7 Å². The molecule has 0 aliphatic rings. The quantitative estimate of drug-likeness (QED) is 0.886. The van der Waals surface area contributed by atoms with Crippen molar-refractivity contribution in [2.45, 2.75) is 13.5 Å². The van der Waals surface area contributed by atoms with E-state index in [1.807, 2.05) is 24.3 Å². The highest BCUT2D eigenvalue weighted by atomic mass is 35.5. The third kappa shape index (κ3) is 3.49. The molecule has 2 rings (SSSR count). The minimum atomic E-state index is 0.751. The molecule has 2 nitrogen and oxygen atoms in total. The van der Waals surface area contributed by atoms with Gasteiger partial charge in [-0.15, -0.1) is 0 Å². The van der Waals surface area contributed by atoms with Crippen LogP contribution in [0, 0.1) is 0 Å². The van der Waals surface area contributed by atoms with Crippen LogP contribution in [0.4, 0.5) is 0 Å². The van der Waals surface area contributed by atoms with Gasteiger partial charge in [0.2, 0.25) is 0 Å². The van der Waals surface area contributed by atoms with Crippen molar-refractivity contribution in [2.75, 3.05) is 13.7 Å². The van der Waals surface area contributed by atoms with Crippen LogP contribution in [0.5, 0.6) is 5.75 Å². The Balaban J connectivity index is 2.36.